The van der Waals surface area contributed by atoms with Gasteiger partial charge < -0.3 is 5.32 Å². The van der Waals surface area contributed by atoms with Crippen LogP contribution in [0.2, 0.25) is 0 Å². The first-order valence-electron chi connectivity index (χ1n) is 9.42. The average molecular weight is 334 g/mol. The number of carbonyl (C=O) groups excluding carboxylic acids is 1. The zero-order valence-electron chi connectivity index (χ0n) is 14.7. The van der Waals surface area contributed by atoms with Crippen LogP contribution in [0, 0.1) is 0 Å². The number of hydrogen-bond donors (Lipinski definition) is 1. The Labute approximate surface area is 150 Å². The zero-order valence-corrected chi connectivity index (χ0v) is 14.7. The molecule has 0 radical (unpaired) electrons. The van der Waals surface area contributed by atoms with E-state index in [2.05, 4.69) is 58.7 Å². The van der Waals surface area contributed by atoms with Crippen molar-refractivity contribution in [3.63, 3.8) is 0 Å². The lowest BCUT2D eigenvalue weighted by atomic mass is 10.0. The molecule has 3 heteroatoms. The molecule has 4 rings (SSSR count). The Morgan fingerprint density at radius 1 is 1.04 bits per heavy atom. The van der Waals surface area contributed by atoms with Crippen LogP contribution in [0.1, 0.15) is 35.1 Å². The minimum Gasteiger partial charge on any atom is -0.352 e. The molecule has 1 saturated heterocycles. The van der Waals surface area contributed by atoms with Gasteiger partial charge in [-0.05, 0) is 47.9 Å². The Kier molecular flexibility index (Phi) is 4.84. The van der Waals surface area contributed by atoms with Crippen LogP contribution >= 0.6 is 0 Å². The quantitative estimate of drug-likeness (QED) is 0.911. The molecule has 0 aromatic heterocycles. The summed E-state index contributed by atoms with van der Waals surface area (Å²) in [6, 6.07) is 17.4. The number of hydrogen-bond acceptors (Lipinski definition) is 2. The van der Waals surface area contributed by atoms with Crippen LogP contribution in [0.15, 0.2) is 48.5 Å². The lowest BCUT2D eigenvalue weighted by Gasteiger charge is -2.17. The average Bonchev–Trinajstić information content (AvgIpc) is 3.24. The van der Waals surface area contributed by atoms with Gasteiger partial charge in [-0.2, -0.15) is 0 Å². The number of carbonyl (C=O) groups is 1. The van der Waals surface area contributed by atoms with Crippen molar-refractivity contribution in [1.82, 2.24) is 10.2 Å². The third-order valence-electron chi connectivity index (χ3n) is 5.41. The number of benzene rings is 2. The molecule has 0 unspecified atom stereocenters. The van der Waals surface area contributed by atoms with Crippen LogP contribution < -0.4 is 5.32 Å². The zero-order chi connectivity index (χ0) is 17.1. The Balaban J connectivity index is 1.27. The molecule has 130 valence electrons. The summed E-state index contributed by atoms with van der Waals surface area (Å²) in [6.07, 6.45) is 5.17. The van der Waals surface area contributed by atoms with E-state index in [1.807, 2.05) is 0 Å². The fourth-order valence-electron chi connectivity index (χ4n) is 4.13. The number of fused-ring (bicyclic) bond motifs is 1. The molecular weight excluding hydrogens is 308 g/mol. The third kappa shape index (κ3) is 4.10. The summed E-state index contributed by atoms with van der Waals surface area (Å²) in [7, 11) is 0. The summed E-state index contributed by atoms with van der Waals surface area (Å²) in [6.45, 7) is 2.97. The molecule has 25 heavy (non-hydrogen) atoms. The van der Waals surface area contributed by atoms with Gasteiger partial charge in [0.1, 0.15) is 0 Å². The highest BCUT2D eigenvalue weighted by Gasteiger charge is 2.24. The fourth-order valence-corrected chi connectivity index (χ4v) is 4.13. The second-order valence-electron chi connectivity index (χ2n) is 7.41. The van der Waals surface area contributed by atoms with Gasteiger partial charge in [0.05, 0.1) is 6.42 Å². The number of nitrogens with zero attached hydrogens (tertiary/aromatic N) is 1. The van der Waals surface area contributed by atoms with E-state index in [9.17, 15) is 4.79 Å². The summed E-state index contributed by atoms with van der Waals surface area (Å²) in [5.74, 6) is 0.157. The van der Waals surface area contributed by atoms with Gasteiger partial charge >= 0.3 is 0 Å². The third-order valence-corrected chi connectivity index (χ3v) is 5.41. The molecule has 0 bridgehead atoms. The van der Waals surface area contributed by atoms with Crippen LogP contribution in [-0.2, 0) is 30.6 Å². The van der Waals surface area contributed by atoms with Crippen molar-refractivity contribution in [2.75, 3.05) is 13.1 Å². The predicted molar refractivity (Wildman–Crippen MR) is 100 cm³/mol. The molecule has 2 aliphatic rings. The van der Waals surface area contributed by atoms with E-state index >= 15 is 0 Å². The minimum absolute atomic E-state index is 0.157. The van der Waals surface area contributed by atoms with E-state index in [1.54, 1.807) is 0 Å². The maximum atomic E-state index is 12.4. The molecule has 1 N–H and O–H groups in total. The largest absolute Gasteiger partial charge is 0.352 e. The number of amides is 1. The van der Waals surface area contributed by atoms with Gasteiger partial charge in [-0.1, -0.05) is 48.5 Å². The summed E-state index contributed by atoms with van der Waals surface area (Å²) in [5, 5.41) is 3.23. The molecule has 1 atom stereocenters. The van der Waals surface area contributed by atoms with Gasteiger partial charge in [0.15, 0.2) is 0 Å². The van der Waals surface area contributed by atoms with E-state index < -0.39 is 0 Å². The van der Waals surface area contributed by atoms with Crippen molar-refractivity contribution in [2.24, 2.45) is 0 Å². The summed E-state index contributed by atoms with van der Waals surface area (Å²) >= 11 is 0. The maximum Gasteiger partial charge on any atom is 0.224 e. The molecule has 1 heterocycles. The van der Waals surface area contributed by atoms with Crippen LogP contribution in [0.3, 0.4) is 0 Å². The number of rotatable bonds is 5. The monoisotopic (exact) mass is 334 g/mol. The van der Waals surface area contributed by atoms with Gasteiger partial charge in [0, 0.05) is 25.7 Å². The molecule has 2 aromatic rings. The number of aryl methyl sites for hydroxylation is 2. The minimum atomic E-state index is 0.157. The predicted octanol–water partition coefficient (Wildman–Crippen LogP) is 3.11. The second kappa shape index (κ2) is 7.40. The second-order valence-corrected chi connectivity index (χ2v) is 7.41. The van der Waals surface area contributed by atoms with Crippen molar-refractivity contribution in [3.8, 4) is 0 Å². The smallest absolute Gasteiger partial charge is 0.224 e. The Bertz CT molecular complexity index is 741. The highest BCUT2D eigenvalue weighted by Crippen LogP contribution is 2.23. The lowest BCUT2D eigenvalue weighted by molar-refractivity contribution is -0.121. The Morgan fingerprint density at radius 3 is 2.76 bits per heavy atom. The van der Waals surface area contributed by atoms with Crippen molar-refractivity contribution < 1.29 is 4.79 Å². The van der Waals surface area contributed by atoms with E-state index in [1.165, 1.54) is 36.0 Å². The lowest BCUT2D eigenvalue weighted by Crippen LogP contribution is -2.37. The van der Waals surface area contributed by atoms with E-state index in [4.69, 9.17) is 0 Å². The maximum absolute atomic E-state index is 12.4. The standard InChI is InChI=1S/C22H26N2O/c25-22(14-18-9-10-19-7-4-8-20(19)13-18)23-21-11-12-24(16-21)15-17-5-2-1-3-6-17/h1-3,5-6,9-10,13,21H,4,7-8,11-12,14-16H2,(H,23,25)/t21-/m1/s1. The molecule has 1 aliphatic carbocycles. The number of likely N-dealkylation sites (tertiary alicyclic amines) is 1. The molecule has 1 amide bonds. The van der Waals surface area contributed by atoms with Crippen LogP contribution in [0.25, 0.3) is 0 Å². The first-order chi connectivity index (χ1) is 12.3. The topological polar surface area (TPSA) is 32.3 Å². The van der Waals surface area contributed by atoms with Crippen molar-refractivity contribution in [2.45, 2.75) is 44.7 Å². The highest BCUT2D eigenvalue weighted by atomic mass is 16.1. The van der Waals surface area contributed by atoms with Crippen LogP contribution in [0.5, 0.6) is 0 Å². The van der Waals surface area contributed by atoms with Crippen molar-refractivity contribution in [3.05, 3.63) is 70.8 Å². The molecule has 0 saturated carbocycles. The summed E-state index contributed by atoms with van der Waals surface area (Å²) < 4.78 is 0. The van der Waals surface area contributed by atoms with E-state index in [0.29, 0.717) is 6.42 Å². The summed E-state index contributed by atoms with van der Waals surface area (Å²) in [5.41, 5.74) is 5.40. The van der Waals surface area contributed by atoms with Gasteiger partial charge in [-0.25, -0.2) is 0 Å². The van der Waals surface area contributed by atoms with Gasteiger partial charge in [-0.3, -0.25) is 9.69 Å². The van der Waals surface area contributed by atoms with Gasteiger partial charge in [0.2, 0.25) is 5.91 Å². The number of nitrogens with one attached hydrogen (secondary N) is 1. The first kappa shape index (κ1) is 16.3. The van der Waals surface area contributed by atoms with Gasteiger partial charge in [-0.15, -0.1) is 0 Å². The Morgan fingerprint density at radius 2 is 1.88 bits per heavy atom. The van der Waals surface area contributed by atoms with E-state index in [0.717, 1.165) is 31.6 Å². The van der Waals surface area contributed by atoms with Crippen LogP contribution in [0.4, 0.5) is 0 Å². The van der Waals surface area contributed by atoms with E-state index in [-0.39, 0.29) is 11.9 Å². The normalized spacial score (nSPS) is 19.8. The molecule has 0 spiro atoms. The SMILES string of the molecule is O=C(Cc1ccc2c(c1)CCC2)N[C@@H]1CCN(Cc2ccccc2)C1. The highest BCUT2D eigenvalue weighted by molar-refractivity contribution is 5.79. The fraction of sp³-hybridized carbons (Fsp3) is 0.409. The van der Waals surface area contributed by atoms with Gasteiger partial charge in [0.25, 0.3) is 0 Å². The molecular formula is C22H26N2O. The molecule has 1 aliphatic heterocycles. The van der Waals surface area contributed by atoms with Crippen molar-refractivity contribution in [1.29, 1.82) is 0 Å². The first-order valence-corrected chi connectivity index (χ1v) is 9.42. The molecule has 3 nitrogen and oxygen atoms in total. The van der Waals surface area contributed by atoms with Crippen LogP contribution in [-0.4, -0.2) is 29.9 Å². The molecule has 2 aromatic carbocycles. The van der Waals surface area contributed by atoms with Crippen molar-refractivity contribution >= 4 is 5.91 Å². The Hall–Kier alpha value is -2.13. The summed E-state index contributed by atoms with van der Waals surface area (Å²) in [4.78, 5) is 14.8. The molecule has 1 fully saturated rings.